The Labute approximate surface area is 281 Å². The van der Waals surface area contributed by atoms with E-state index in [2.05, 4.69) is 181 Å². The van der Waals surface area contributed by atoms with Crippen LogP contribution in [0.2, 0.25) is 0 Å². The molecule has 0 saturated carbocycles. The van der Waals surface area contributed by atoms with E-state index >= 15 is 0 Å². The van der Waals surface area contributed by atoms with Gasteiger partial charge in [0.15, 0.2) is 0 Å². The number of furan rings is 1. The minimum absolute atomic E-state index is 0.104. The lowest BCUT2D eigenvalue weighted by molar-refractivity contribution is 0.656. The van der Waals surface area contributed by atoms with Gasteiger partial charge >= 0.3 is 0 Å². The molecule has 6 aromatic carbocycles. The van der Waals surface area contributed by atoms with E-state index in [1.807, 2.05) is 0 Å². The van der Waals surface area contributed by atoms with Crippen molar-refractivity contribution in [2.45, 2.75) is 24.8 Å². The lowest BCUT2D eigenvalue weighted by Crippen LogP contribution is -2.30. The standard InChI is InChI=1S/C46H35NO/c1-3-13-32(14-4-1)33-27-29-37(30-28-33)47(44-26-10-18-34-17-7-8-21-39(34)44)38-20-9-19-36(31-38)41-23-12-25-43-42-24-11-22-40(45(42)48-46(41)43)35-15-5-2-6-16-35/h1-15,17-19,21-31,35,38H,16,20H2. The minimum Gasteiger partial charge on any atom is -0.455 e. The molecule has 2 heteroatoms. The van der Waals surface area contributed by atoms with Gasteiger partial charge in [0.25, 0.3) is 0 Å². The van der Waals surface area contributed by atoms with Gasteiger partial charge in [0, 0.05) is 44.6 Å². The number of rotatable bonds is 6. The number of allylic oxidation sites excluding steroid dienone is 6. The summed E-state index contributed by atoms with van der Waals surface area (Å²) in [5, 5.41) is 4.83. The first-order chi connectivity index (χ1) is 23.8. The molecule has 2 aliphatic rings. The average Bonchev–Trinajstić information content (AvgIpc) is 3.55. The summed E-state index contributed by atoms with van der Waals surface area (Å²) < 4.78 is 6.85. The Kier molecular flexibility index (Phi) is 7.13. The van der Waals surface area contributed by atoms with Crippen LogP contribution in [0.25, 0.3) is 49.4 Å². The molecule has 0 N–H and O–H groups in total. The Morgan fingerprint density at radius 2 is 1.29 bits per heavy atom. The van der Waals surface area contributed by atoms with Crippen molar-refractivity contribution in [3.63, 3.8) is 0 Å². The zero-order valence-electron chi connectivity index (χ0n) is 26.7. The van der Waals surface area contributed by atoms with Crippen LogP contribution in [0.5, 0.6) is 0 Å². The molecule has 2 unspecified atom stereocenters. The van der Waals surface area contributed by atoms with Gasteiger partial charge in [-0.05, 0) is 53.1 Å². The predicted octanol–water partition coefficient (Wildman–Crippen LogP) is 12.6. The molecule has 2 nitrogen and oxygen atoms in total. The highest BCUT2D eigenvalue weighted by Crippen LogP contribution is 2.42. The molecule has 0 fully saturated rings. The van der Waals surface area contributed by atoms with Crippen LogP contribution in [0, 0.1) is 0 Å². The Bertz CT molecular complexity index is 2400. The summed E-state index contributed by atoms with van der Waals surface area (Å²) in [5.41, 5.74) is 10.3. The number of hydrogen-bond donors (Lipinski definition) is 0. The van der Waals surface area contributed by atoms with Crippen molar-refractivity contribution >= 4 is 49.7 Å². The first-order valence-electron chi connectivity index (χ1n) is 16.9. The molecule has 0 amide bonds. The van der Waals surface area contributed by atoms with E-state index in [1.165, 1.54) is 55.2 Å². The molecule has 2 atom stereocenters. The lowest BCUT2D eigenvalue weighted by Gasteiger charge is -2.34. The van der Waals surface area contributed by atoms with Crippen LogP contribution in [0.3, 0.4) is 0 Å². The van der Waals surface area contributed by atoms with Gasteiger partial charge in [-0.2, -0.15) is 0 Å². The number of anilines is 2. The normalized spacial score (nSPS) is 17.3. The van der Waals surface area contributed by atoms with Gasteiger partial charge in [0.1, 0.15) is 11.2 Å². The highest BCUT2D eigenvalue weighted by Gasteiger charge is 2.25. The maximum atomic E-state index is 6.85. The second-order valence-electron chi connectivity index (χ2n) is 12.8. The molecule has 0 aliphatic heterocycles. The quantitative estimate of drug-likeness (QED) is 0.185. The SMILES string of the molecule is C1=CCC(c2cccc3c2oc2c(C4=CC(N(c5ccc(-c6ccccc6)cc5)c5cccc6ccccc56)CC=C4)cccc23)C=C1. The molecule has 1 heterocycles. The number of fused-ring (bicyclic) bond motifs is 4. The van der Waals surface area contributed by atoms with Crippen molar-refractivity contribution in [3.05, 3.63) is 187 Å². The molecule has 1 aromatic heterocycles. The Morgan fingerprint density at radius 1 is 0.562 bits per heavy atom. The topological polar surface area (TPSA) is 16.4 Å². The van der Waals surface area contributed by atoms with E-state index in [-0.39, 0.29) is 6.04 Å². The van der Waals surface area contributed by atoms with Crippen LogP contribution in [0.15, 0.2) is 180 Å². The van der Waals surface area contributed by atoms with Crippen LogP contribution in [-0.2, 0) is 0 Å². The van der Waals surface area contributed by atoms with Crippen molar-refractivity contribution < 1.29 is 4.42 Å². The van der Waals surface area contributed by atoms with Crippen molar-refractivity contribution in [1.82, 2.24) is 0 Å². The molecule has 0 radical (unpaired) electrons. The average molecular weight is 618 g/mol. The van der Waals surface area contributed by atoms with E-state index in [1.54, 1.807) is 0 Å². The molecule has 48 heavy (non-hydrogen) atoms. The van der Waals surface area contributed by atoms with E-state index in [9.17, 15) is 0 Å². The molecule has 0 bridgehead atoms. The Morgan fingerprint density at radius 3 is 2.15 bits per heavy atom. The summed E-state index contributed by atoms with van der Waals surface area (Å²) in [7, 11) is 0. The predicted molar refractivity (Wildman–Crippen MR) is 203 cm³/mol. The summed E-state index contributed by atoms with van der Waals surface area (Å²) in [6.45, 7) is 0. The summed E-state index contributed by atoms with van der Waals surface area (Å²) in [5.74, 6) is 0.323. The largest absolute Gasteiger partial charge is 0.455 e. The molecule has 9 rings (SSSR count). The Hall–Kier alpha value is -5.86. The van der Waals surface area contributed by atoms with Crippen molar-refractivity contribution in [2.24, 2.45) is 0 Å². The van der Waals surface area contributed by atoms with Gasteiger partial charge in [-0.25, -0.2) is 0 Å². The Balaban J connectivity index is 1.17. The molecular formula is C46H35NO. The fourth-order valence-corrected chi connectivity index (χ4v) is 7.57. The molecule has 0 saturated heterocycles. The van der Waals surface area contributed by atoms with Crippen molar-refractivity contribution in [2.75, 3.05) is 4.90 Å². The molecular weight excluding hydrogens is 583 g/mol. The first kappa shape index (κ1) is 28.4. The second-order valence-corrected chi connectivity index (χ2v) is 12.8. The molecule has 0 spiro atoms. The summed E-state index contributed by atoms with van der Waals surface area (Å²) in [6, 6.07) is 48.3. The van der Waals surface area contributed by atoms with E-state index in [4.69, 9.17) is 4.42 Å². The highest BCUT2D eigenvalue weighted by atomic mass is 16.3. The molecule has 2 aliphatic carbocycles. The van der Waals surface area contributed by atoms with E-state index in [0.29, 0.717) is 5.92 Å². The second kappa shape index (κ2) is 12.1. The van der Waals surface area contributed by atoms with Crippen LogP contribution >= 0.6 is 0 Å². The first-order valence-corrected chi connectivity index (χ1v) is 16.9. The minimum atomic E-state index is 0.104. The third-order valence-electron chi connectivity index (χ3n) is 9.90. The number of hydrogen-bond acceptors (Lipinski definition) is 2. The van der Waals surface area contributed by atoms with E-state index in [0.717, 1.165) is 29.6 Å². The van der Waals surface area contributed by atoms with Crippen LogP contribution in [-0.4, -0.2) is 6.04 Å². The van der Waals surface area contributed by atoms with Crippen molar-refractivity contribution in [3.8, 4) is 11.1 Å². The fourth-order valence-electron chi connectivity index (χ4n) is 7.57. The van der Waals surface area contributed by atoms with Crippen LogP contribution in [0.1, 0.15) is 29.9 Å². The fraction of sp³-hybridized carbons (Fsp3) is 0.0870. The van der Waals surface area contributed by atoms with Gasteiger partial charge in [-0.1, -0.05) is 158 Å². The lowest BCUT2D eigenvalue weighted by atomic mass is 9.91. The summed E-state index contributed by atoms with van der Waals surface area (Å²) in [6.07, 6.45) is 17.7. The van der Waals surface area contributed by atoms with Gasteiger partial charge < -0.3 is 9.32 Å². The highest BCUT2D eigenvalue weighted by molar-refractivity contribution is 6.10. The number of benzene rings is 6. The third kappa shape index (κ3) is 4.98. The van der Waals surface area contributed by atoms with E-state index < -0.39 is 0 Å². The monoisotopic (exact) mass is 617 g/mol. The maximum Gasteiger partial charge on any atom is 0.143 e. The molecule has 7 aromatic rings. The third-order valence-corrected chi connectivity index (χ3v) is 9.90. The smallest absolute Gasteiger partial charge is 0.143 e. The van der Waals surface area contributed by atoms with Gasteiger partial charge in [0.2, 0.25) is 0 Å². The maximum absolute atomic E-state index is 6.85. The van der Waals surface area contributed by atoms with Crippen molar-refractivity contribution in [1.29, 1.82) is 0 Å². The zero-order chi connectivity index (χ0) is 31.9. The van der Waals surface area contributed by atoms with Crippen LogP contribution < -0.4 is 4.90 Å². The van der Waals surface area contributed by atoms with Gasteiger partial charge in [0.05, 0.1) is 6.04 Å². The zero-order valence-corrected chi connectivity index (χ0v) is 26.7. The summed E-state index contributed by atoms with van der Waals surface area (Å²) in [4.78, 5) is 2.51. The number of nitrogens with zero attached hydrogens (tertiary/aromatic N) is 1. The van der Waals surface area contributed by atoms with Crippen LogP contribution in [0.4, 0.5) is 11.4 Å². The summed E-state index contributed by atoms with van der Waals surface area (Å²) >= 11 is 0. The van der Waals surface area contributed by atoms with Gasteiger partial charge in [-0.15, -0.1) is 0 Å². The molecule has 230 valence electrons. The number of para-hydroxylation sites is 2. The van der Waals surface area contributed by atoms with Gasteiger partial charge in [-0.3, -0.25) is 0 Å².